The highest BCUT2D eigenvalue weighted by Gasteiger charge is 2.58. The largest absolute Gasteiger partial charge is 0.508 e. The van der Waals surface area contributed by atoms with Crippen LogP contribution in [0.5, 0.6) is 5.75 Å². The molecule has 2 heterocycles. The Hall–Kier alpha value is -3.04. The summed E-state index contributed by atoms with van der Waals surface area (Å²) < 4.78 is 21.8. The number of aliphatic hydroxyl groups excluding tert-OH is 4. The van der Waals surface area contributed by atoms with E-state index in [9.17, 15) is 45.3 Å². The smallest absolute Gasteiger partial charge is 0.334 e. The van der Waals surface area contributed by atoms with Crippen LogP contribution in [0, 0.1) is 11.8 Å². The molecule has 1 aliphatic carbocycles. The number of benzene rings is 1. The fourth-order valence-corrected chi connectivity index (χ4v) is 5.03. The van der Waals surface area contributed by atoms with E-state index >= 15 is 0 Å². The van der Waals surface area contributed by atoms with Gasteiger partial charge in [0.2, 0.25) is 6.29 Å². The molecule has 1 saturated heterocycles. The number of carbonyl (C=O) groups excluding carboxylic acids is 1. The third-order valence-electron chi connectivity index (χ3n) is 7.10. The van der Waals surface area contributed by atoms with E-state index < -0.39 is 79.6 Å². The minimum absolute atomic E-state index is 0.0276. The van der Waals surface area contributed by atoms with Crippen LogP contribution in [0.3, 0.4) is 0 Å². The number of phenols is 1. The predicted octanol–water partition coefficient (Wildman–Crippen LogP) is -1.15. The van der Waals surface area contributed by atoms with Crippen LogP contribution in [0.15, 0.2) is 42.2 Å². The number of esters is 1. The maximum absolute atomic E-state index is 12.3. The Morgan fingerprint density at radius 3 is 2.45 bits per heavy atom. The third-order valence-corrected chi connectivity index (χ3v) is 7.10. The monoisotopic (exact) mass is 538 g/mol. The van der Waals surface area contributed by atoms with Crippen LogP contribution < -0.4 is 0 Å². The van der Waals surface area contributed by atoms with E-state index in [1.54, 1.807) is 12.1 Å². The zero-order valence-corrected chi connectivity index (χ0v) is 20.1. The summed E-state index contributed by atoms with van der Waals surface area (Å²) >= 11 is 0. The zero-order valence-electron chi connectivity index (χ0n) is 20.1. The molecule has 1 aromatic rings. The van der Waals surface area contributed by atoms with Gasteiger partial charge in [0, 0.05) is 12.0 Å². The second kappa shape index (κ2) is 11.4. The molecule has 0 amide bonds. The number of fused-ring (bicyclic) bond motifs is 1. The first-order valence-electron chi connectivity index (χ1n) is 11.9. The number of carboxylic acids is 1. The summed E-state index contributed by atoms with van der Waals surface area (Å²) in [5.41, 5.74) is -1.30. The quantitative estimate of drug-likeness (QED) is 0.154. The summed E-state index contributed by atoms with van der Waals surface area (Å²) in [7, 11) is 0. The maximum Gasteiger partial charge on any atom is 0.334 e. The lowest BCUT2D eigenvalue weighted by Crippen LogP contribution is -2.61. The van der Waals surface area contributed by atoms with E-state index in [0.717, 1.165) is 12.3 Å². The van der Waals surface area contributed by atoms with Crippen molar-refractivity contribution in [1.29, 1.82) is 0 Å². The molecule has 0 bridgehead atoms. The van der Waals surface area contributed by atoms with E-state index in [4.69, 9.17) is 18.9 Å². The number of aliphatic hydroxyl groups is 5. The second-order valence-corrected chi connectivity index (χ2v) is 9.52. The highest BCUT2D eigenvalue weighted by Crippen LogP contribution is 2.49. The van der Waals surface area contributed by atoms with Gasteiger partial charge in [0.15, 0.2) is 6.29 Å². The SMILES string of the molecule is O=C(/C=C\c1ccc(O)cc1)OC[C@@]1(O)CC[C@@H]2C(C(=O)O)=CO[C@@H](O[C@@H]3O[C@H](CO)[C@@H](O)[C@H](O)[C@H]3O)[C@@H]21. The first kappa shape index (κ1) is 28.0. The molecule has 2 aliphatic heterocycles. The van der Waals surface area contributed by atoms with Gasteiger partial charge in [-0.05, 0) is 36.6 Å². The number of hydrogen-bond donors (Lipinski definition) is 7. The summed E-state index contributed by atoms with van der Waals surface area (Å²) in [6.07, 6.45) is -5.59. The lowest BCUT2D eigenvalue weighted by molar-refractivity contribution is -0.347. The Morgan fingerprint density at radius 1 is 1.08 bits per heavy atom. The van der Waals surface area contributed by atoms with Gasteiger partial charge in [-0.3, -0.25) is 0 Å². The number of phenolic OH excluding ortho intramolecular Hbond substituents is 1. The van der Waals surface area contributed by atoms with Crippen LogP contribution in [0.2, 0.25) is 0 Å². The van der Waals surface area contributed by atoms with E-state index in [1.165, 1.54) is 18.2 Å². The van der Waals surface area contributed by atoms with Gasteiger partial charge in [-0.1, -0.05) is 12.1 Å². The number of ether oxygens (including phenoxy) is 4. The molecule has 0 unspecified atom stereocenters. The van der Waals surface area contributed by atoms with E-state index in [0.29, 0.717) is 5.56 Å². The maximum atomic E-state index is 12.3. The summed E-state index contributed by atoms with van der Waals surface area (Å²) in [6.45, 7) is -1.22. The van der Waals surface area contributed by atoms with Crippen LogP contribution in [-0.2, 0) is 28.5 Å². The molecule has 1 aromatic carbocycles. The standard InChI is InChI=1S/C25H30O13/c26-9-16-19(29)20(30)21(31)24(37-16)38-23-18-14(15(10-35-23)22(32)33)7-8-25(18,34)11-36-17(28)6-3-12-1-4-13(27)5-2-12/h1-6,10,14,16,18-21,23-24,26-27,29-31,34H,7-9,11H2,(H,32,33)/b6-3-/t14-,16-,18-,19-,20+,21-,23+,24+,25+/m1/s1. The van der Waals surface area contributed by atoms with Gasteiger partial charge in [-0.15, -0.1) is 0 Å². The van der Waals surface area contributed by atoms with Crippen molar-refractivity contribution in [2.75, 3.05) is 13.2 Å². The van der Waals surface area contributed by atoms with Crippen molar-refractivity contribution in [1.82, 2.24) is 0 Å². The molecule has 208 valence electrons. The normalized spacial score (nSPS) is 36.8. The molecule has 2 fully saturated rings. The Balaban J connectivity index is 1.49. The van der Waals surface area contributed by atoms with Gasteiger partial charge >= 0.3 is 11.9 Å². The second-order valence-electron chi connectivity index (χ2n) is 9.52. The number of carboxylic acid groups (broad SMARTS) is 1. The van der Waals surface area contributed by atoms with Crippen molar-refractivity contribution in [2.45, 2.75) is 55.4 Å². The number of aliphatic carboxylic acids is 1. The van der Waals surface area contributed by atoms with Crippen molar-refractivity contribution in [2.24, 2.45) is 11.8 Å². The molecule has 13 heteroatoms. The molecular weight excluding hydrogens is 508 g/mol. The molecule has 0 spiro atoms. The van der Waals surface area contributed by atoms with E-state index in [-0.39, 0.29) is 24.2 Å². The van der Waals surface area contributed by atoms with Crippen molar-refractivity contribution >= 4 is 18.0 Å². The molecule has 3 aliphatic rings. The first-order valence-corrected chi connectivity index (χ1v) is 11.9. The molecule has 4 rings (SSSR count). The van der Waals surface area contributed by atoms with Crippen LogP contribution in [0.1, 0.15) is 18.4 Å². The lowest BCUT2D eigenvalue weighted by Gasteiger charge is -2.44. The number of rotatable bonds is 8. The Morgan fingerprint density at radius 2 is 1.79 bits per heavy atom. The lowest BCUT2D eigenvalue weighted by atomic mass is 9.80. The van der Waals surface area contributed by atoms with Crippen molar-refractivity contribution in [3.8, 4) is 5.75 Å². The van der Waals surface area contributed by atoms with Crippen molar-refractivity contribution in [3.05, 3.63) is 47.7 Å². The molecular formula is C25H30O13. The van der Waals surface area contributed by atoms with E-state index in [1.807, 2.05) is 0 Å². The van der Waals surface area contributed by atoms with Gasteiger partial charge in [0.25, 0.3) is 0 Å². The topological polar surface area (TPSA) is 213 Å². The number of hydrogen-bond acceptors (Lipinski definition) is 12. The Kier molecular flexibility index (Phi) is 8.37. The van der Waals surface area contributed by atoms with Crippen LogP contribution in [0.25, 0.3) is 6.08 Å². The van der Waals surface area contributed by atoms with Crippen LogP contribution >= 0.6 is 0 Å². The molecule has 13 nitrogen and oxygen atoms in total. The Labute approximate surface area is 216 Å². The highest BCUT2D eigenvalue weighted by atomic mass is 16.8. The Bertz CT molecular complexity index is 1070. The minimum atomic E-state index is -1.79. The molecule has 0 aromatic heterocycles. The molecule has 1 saturated carbocycles. The van der Waals surface area contributed by atoms with Gasteiger partial charge in [0.1, 0.15) is 42.4 Å². The molecule has 9 atom stereocenters. The molecule has 7 N–H and O–H groups in total. The van der Waals surface area contributed by atoms with Crippen LogP contribution in [-0.4, -0.2) is 103 Å². The number of aromatic hydroxyl groups is 1. The average molecular weight is 539 g/mol. The fraction of sp³-hybridized carbons (Fsp3) is 0.520. The average Bonchev–Trinajstić information content (AvgIpc) is 3.25. The summed E-state index contributed by atoms with van der Waals surface area (Å²) in [4.78, 5) is 24.1. The van der Waals surface area contributed by atoms with Crippen LogP contribution in [0.4, 0.5) is 0 Å². The third kappa shape index (κ3) is 5.68. The zero-order chi connectivity index (χ0) is 27.6. The fourth-order valence-electron chi connectivity index (χ4n) is 5.03. The van der Waals surface area contributed by atoms with Gasteiger partial charge in [0.05, 0.1) is 24.4 Å². The molecule has 38 heavy (non-hydrogen) atoms. The van der Waals surface area contributed by atoms with Gasteiger partial charge in [-0.25, -0.2) is 9.59 Å². The van der Waals surface area contributed by atoms with Crippen molar-refractivity contribution in [3.63, 3.8) is 0 Å². The first-order chi connectivity index (χ1) is 18.0. The minimum Gasteiger partial charge on any atom is -0.508 e. The highest BCUT2D eigenvalue weighted by molar-refractivity contribution is 5.87. The summed E-state index contributed by atoms with van der Waals surface area (Å²) in [5.74, 6) is -3.85. The van der Waals surface area contributed by atoms with E-state index in [2.05, 4.69) is 0 Å². The van der Waals surface area contributed by atoms with Crippen molar-refractivity contribution < 1.29 is 64.3 Å². The van der Waals surface area contributed by atoms with Gasteiger partial charge in [-0.2, -0.15) is 0 Å². The summed E-state index contributed by atoms with van der Waals surface area (Å²) in [6, 6.07) is 6.04. The molecule has 0 radical (unpaired) electrons. The summed E-state index contributed by atoms with van der Waals surface area (Å²) in [5, 5.41) is 70.3. The number of carbonyl (C=O) groups is 2. The van der Waals surface area contributed by atoms with Gasteiger partial charge < -0.3 is 54.7 Å². The predicted molar refractivity (Wildman–Crippen MR) is 125 cm³/mol.